The molecule has 0 aliphatic carbocycles. The van der Waals surface area contributed by atoms with Gasteiger partial charge in [0.25, 0.3) is 0 Å². The molecule has 3 atom stereocenters. The highest BCUT2D eigenvalue weighted by atomic mass is 32.2. The fourth-order valence-corrected chi connectivity index (χ4v) is 3.94. The molecule has 0 bridgehead atoms. The lowest BCUT2D eigenvalue weighted by molar-refractivity contribution is 0.0905. The summed E-state index contributed by atoms with van der Waals surface area (Å²) < 4.78 is 28.9. The molecule has 2 heterocycles. The Kier molecular flexibility index (Phi) is 5.37. The van der Waals surface area contributed by atoms with Crippen molar-refractivity contribution in [2.75, 3.05) is 19.4 Å². The fraction of sp³-hybridized carbons (Fsp3) is 0.611. The number of ether oxygens (including phenoxy) is 1. The molecule has 0 radical (unpaired) electrons. The Morgan fingerprint density at radius 1 is 1.25 bits per heavy atom. The third-order valence-corrected chi connectivity index (χ3v) is 6.04. The van der Waals surface area contributed by atoms with Crippen LogP contribution in [0.15, 0.2) is 34.2 Å². The van der Waals surface area contributed by atoms with E-state index in [9.17, 15) is 8.42 Å². The molecular formula is C18H26N2O3S. The van der Waals surface area contributed by atoms with Crippen LogP contribution >= 0.6 is 0 Å². The van der Waals surface area contributed by atoms with Gasteiger partial charge >= 0.3 is 0 Å². The summed E-state index contributed by atoms with van der Waals surface area (Å²) in [6.45, 7) is 3.94. The Labute approximate surface area is 144 Å². The first-order valence-electron chi connectivity index (χ1n) is 8.65. The summed E-state index contributed by atoms with van der Waals surface area (Å²) in [6, 6.07) is 7.05. The summed E-state index contributed by atoms with van der Waals surface area (Å²) >= 11 is 0. The van der Waals surface area contributed by atoms with Gasteiger partial charge in [-0.15, -0.1) is 0 Å². The molecule has 0 saturated carbocycles. The standard InChI is InChI=1S/C18H26N2O3S/c1-13-10-11-23-17(13)12-19-18-5-3-4-16(20-18)14-6-8-15(9-7-14)24(2,21)22/h6-9,13,17-19H,3-5,10-12H2,1-2H3. The first-order valence-corrected chi connectivity index (χ1v) is 10.5. The van der Waals surface area contributed by atoms with Crippen molar-refractivity contribution < 1.29 is 13.2 Å². The van der Waals surface area contributed by atoms with Crippen LogP contribution in [-0.4, -0.2) is 45.8 Å². The predicted molar refractivity (Wildman–Crippen MR) is 95.3 cm³/mol. The van der Waals surface area contributed by atoms with E-state index in [0.717, 1.165) is 50.1 Å². The molecule has 0 aromatic heterocycles. The monoisotopic (exact) mass is 350 g/mol. The van der Waals surface area contributed by atoms with Crippen LogP contribution in [0.1, 0.15) is 38.2 Å². The van der Waals surface area contributed by atoms with Crippen molar-refractivity contribution in [3.8, 4) is 0 Å². The zero-order valence-electron chi connectivity index (χ0n) is 14.4. The van der Waals surface area contributed by atoms with E-state index in [4.69, 9.17) is 9.73 Å². The summed E-state index contributed by atoms with van der Waals surface area (Å²) in [5.41, 5.74) is 2.07. The largest absolute Gasteiger partial charge is 0.377 e. The maximum atomic E-state index is 11.6. The molecule has 2 aliphatic heterocycles. The molecule has 24 heavy (non-hydrogen) atoms. The van der Waals surface area contributed by atoms with Crippen molar-refractivity contribution in [2.24, 2.45) is 10.9 Å². The van der Waals surface area contributed by atoms with E-state index in [-0.39, 0.29) is 6.17 Å². The van der Waals surface area contributed by atoms with E-state index in [1.54, 1.807) is 12.1 Å². The zero-order chi connectivity index (χ0) is 17.2. The van der Waals surface area contributed by atoms with Gasteiger partial charge in [-0.1, -0.05) is 19.1 Å². The minimum atomic E-state index is -3.15. The number of nitrogens with one attached hydrogen (secondary N) is 1. The van der Waals surface area contributed by atoms with Crippen LogP contribution in [0.5, 0.6) is 0 Å². The lowest BCUT2D eigenvalue weighted by Gasteiger charge is -2.24. The van der Waals surface area contributed by atoms with Crippen molar-refractivity contribution in [2.45, 2.75) is 49.8 Å². The Morgan fingerprint density at radius 2 is 2.00 bits per heavy atom. The molecular weight excluding hydrogens is 324 g/mol. The van der Waals surface area contributed by atoms with Crippen molar-refractivity contribution in [1.82, 2.24) is 5.32 Å². The van der Waals surface area contributed by atoms with Crippen LogP contribution in [0.2, 0.25) is 0 Å². The highest BCUT2D eigenvalue weighted by Gasteiger charge is 2.25. The second-order valence-corrected chi connectivity index (χ2v) is 8.88. The van der Waals surface area contributed by atoms with E-state index in [1.165, 1.54) is 6.26 Å². The minimum Gasteiger partial charge on any atom is -0.377 e. The maximum Gasteiger partial charge on any atom is 0.175 e. The summed E-state index contributed by atoms with van der Waals surface area (Å²) in [4.78, 5) is 5.18. The second-order valence-electron chi connectivity index (χ2n) is 6.86. The van der Waals surface area contributed by atoms with E-state index >= 15 is 0 Å². The molecule has 6 heteroatoms. The van der Waals surface area contributed by atoms with Gasteiger partial charge in [0.15, 0.2) is 9.84 Å². The molecule has 1 N–H and O–H groups in total. The smallest absolute Gasteiger partial charge is 0.175 e. The van der Waals surface area contributed by atoms with Gasteiger partial charge < -0.3 is 4.74 Å². The molecule has 2 aliphatic rings. The molecule has 0 amide bonds. The average molecular weight is 350 g/mol. The fourth-order valence-electron chi connectivity index (χ4n) is 3.31. The van der Waals surface area contributed by atoms with Crippen LogP contribution in [0.3, 0.4) is 0 Å². The normalized spacial score (nSPS) is 27.9. The molecule has 0 spiro atoms. The van der Waals surface area contributed by atoms with Gasteiger partial charge in [0, 0.05) is 25.1 Å². The van der Waals surface area contributed by atoms with Crippen molar-refractivity contribution in [3.05, 3.63) is 29.8 Å². The number of hydrogen-bond donors (Lipinski definition) is 1. The Hall–Kier alpha value is -1.24. The third-order valence-electron chi connectivity index (χ3n) is 4.91. The van der Waals surface area contributed by atoms with Gasteiger partial charge in [0.1, 0.15) is 0 Å². The van der Waals surface area contributed by atoms with Crippen molar-refractivity contribution in [1.29, 1.82) is 0 Å². The highest BCUT2D eigenvalue weighted by molar-refractivity contribution is 7.90. The van der Waals surface area contributed by atoms with Gasteiger partial charge in [-0.25, -0.2) is 8.42 Å². The maximum absolute atomic E-state index is 11.6. The van der Waals surface area contributed by atoms with Crippen LogP contribution in [0.25, 0.3) is 0 Å². The number of aliphatic imine (C=N–C) groups is 1. The van der Waals surface area contributed by atoms with Gasteiger partial charge in [-0.05, 0) is 49.3 Å². The first-order chi connectivity index (χ1) is 11.4. The van der Waals surface area contributed by atoms with Crippen LogP contribution < -0.4 is 5.32 Å². The quantitative estimate of drug-likeness (QED) is 0.885. The SMILES string of the molecule is CC1CCOC1CNC1CCCC(c2ccc(S(C)(=O)=O)cc2)=N1. The molecule has 5 nitrogen and oxygen atoms in total. The summed E-state index contributed by atoms with van der Waals surface area (Å²) in [5, 5.41) is 3.52. The number of benzene rings is 1. The van der Waals surface area contributed by atoms with Crippen LogP contribution in [0, 0.1) is 5.92 Å². The lowest BCUT2D eigenvalue weighted by atomic mass is 10.00. The van der Waals surface area contributed by atoms with Crippen LogP contribution in [0.4, 0.5) is 0 Å². The van der Waals surface area contributed by atoms with Crippen molar-refractivity contribution in [3.63, 3.8) is 0 Å². The summed E-state index contributed by atoms with van der Waals surface area (Å²) in [5.74, 6) is 0.605. The number of sulfone groups is 1. The Morgan fingerprint density at radius 3 is 2.62 bits per heavy atom. The van der Waals surface area contributed by atoms with E-state index in [1.807, 2.05) is 12.1 Å². The number of rotatable bonds is 5. The molecule has 3 rings (SSSR count). The van der Waals surface area contributed by atoms with Gasteiger partial charge in [-0.3, -0.25) is 10.3 Å². The Bertz CT molecular complexity index is 697. The molecule has 1 aromatic carbocycles. The topological polar surface area (TPSA) is 67.8 Å². The molecule has 1 fully saturated rings. The lowest BCUT2D eigenvalue weighted by Crippen LogP contribution is -2.38. The zero-order valence-corrected chi connectivity index (χ0v) is 15.2. The van der Waals surface area contributed by atoms with Gasteiger partial charge in [0.05, 0.1) is 17.2 Å². The molecule has 1 aromatic rings. The van der Waals surface area contributed by atoms with Crippen molar-refractivity contribution >= 4 is 15.5 Å². The highest BCUT2D eigenvalue weighted by Crippen LogP contribution is 2.21. The average Bonchev–Trinajstić information content (AvgIpc) is 2.98. The molecule has 1 saturated heterocycles. The van der Waals surface area contributed by atoms with Gasteiger partial charge in [0.2, 0.25) is 0 Å². The second kappa shape index (κ2) is 7.33. The number of nitrogens with zero attached hydrogens (tertiary/aromatic N) is 1. The van der Waals surface area contributed by atoms with Crippen LogP contribution in [-0.2, 0) is 14.6 Å². The third kappa shape index (κ3) is 4.23. The van der Waals surface area contributed by atoms with E-state index in [0.29, 0.717) is 16.9 Å². The first kappa shape index (κ1) is 17.6. The Balaban J connectivity index is 1.65. The summed E-state index contributed by atoms with van der Waals surface area (Å²) in [7, 11) is -3.15. The van der Waals surface area contributed by atoms with E-state index < -0.39 is 9.84 Å². The van der Waals surface area contributed by atoms with Gasteiger partial charge in [-0.2, -0.15) is 0 Å². The minimum absolute atomic E-state index is 0.125. The van der Waals surface area contributed by atoms with E-state index in [2.05, 4.69) is 12.2 Å². The number of hydrogen-bond acceptors (Lipinski definition) is 5. The molecule has 132 valence electrons. The molecule has 3 unspecified atom stereocenters. The predicted octanol–water partition coefficient (Wildman–Crippen LogP) is 2.40. The summed E-state index contributed by atoms with van der Waals surface area (Å²) in [6.07, 6.45) is 5.84.